The van der Waals surface area contributed by atoms with Gasteiger partial charge in [0, 0.05) is 6.54 Å². The van der Waals surface area contributed by atoms with Crippen molar-refractivity contribution in [1.29, 1.82) is 0 Å². The van der Waals surface area contributed by atoms with E-state index in [1.807, 2.05) is 6.92 Å². The van der Waals surface area contributed by atoms with Gasteiger partial charge in [-0.3, -0.25) is 0 Å². The van der Waals surface area contributed by atoms with Gasteiger partial charge in [0.2, 0.25) is 0 Å². The molecule has 4 N–H and O–H groups in total. The van der Waals surface area contributed by atoms with Gasteiger partial charge >= 0.3 is 0 Å². The van der Waals surface area contributed by atoms with Crippen molar-refractivity contribution in [2.75, 3.05) is 13.1 Å². The number of hydrogen-bond donors (Lipinski definition) is 2. The molecule has 0 spiro atoms. The zero-order valence-electron chi connectivity index (χ0n) is 7.76. The van der Waals surface area contributed by atoms with Crippen LogP contribution in [-0.2, 0) is 4.43 Å². The van der Waals surface area contributed by atoms with Crippen molar-refractivity contribution in [2.24, 2.45) is 11.5 Å². The highest BCUT2D eigenvalue weighted by Gasteiger charge is 2.23. The third-order valence-electron chi connectivity index (χ3n) is 1.60. The Morgan fingerprint density at radius 3 is 2.27 bits per heavy atom. The molecule has 0 saturated heterocycles. The monoisotopic (exact) mass is 176 g/mol. The van der Waals surface area contributed by atoms with Crippen LogP contribution in [0.2, 0.25) is 19.1 Å². The van der Waals surface area contributed by atoms with Crippen molar-refractivity contribution in [1.82, 2.24) is 0 Å². The molecule has 0 aliphatic rings. The summed E-state index contributed by atoms with van der Waals surface area (Å²) in [7, 11) is -1.49. The molecule has 0 saturated carbocycles. The summed E-state index contributed by atoms with van der Waals surface area (Å²) in [6.45, 7) is 7.67. The van der Waals surface area contributed by atoms with Crippen molar-refractivity contribution >= 4 is 8.32 Å². The average Bonchev–Trinajstić information content (AvgIpc) is 1.86. The molecule has 0 amide bonds. The van der Waals surface area contributed by atoms with Crippen molar-refractivity contribution < 1.29 is 4.43 Å². The van der Waals surface area contributed by atoms with Crippen LogP contribution in [0.25, 0.3) is 0 Å². The first-order valence-corrected chi connectivity index (χ1v) is 7.21. The molecular formula is C7H20N2OSi. The van der Waals surface area contributed by atoms with Gasteiger partial charge in [-0.25, -0.2) is 0 Å². The van der Waals surface area contributed by atoms with Crippen LogP contribution in [0.3, 0.4) is 0 Å². The third kappa shape index (κ3) is 5.38. The molecule has 3 nitrogen and oxygen atoms in total. The van der Waals surface area contributed by atoms with E-state index in [0.29, 0.717) is 6.54 Å². The average molecular weight is 176 g/mol. The molecule has 4 heteroatoms. The Balaban J connectivity index is 3.70. The summed E-state index contributed by atoms with van der Waals surface area (Å²) in [5, 5.41) is 0. The van der Waals surface area contributed by atoms with E-state index in [1.54, 1.807) is 0 Å². The smallest absolute Gasteiger partial charge is 0.188 e. The second-order valence-electron chi connectivity index (χ2n) is 3.46. The quantitative estimate of drug-likeness (QED) is 0.600. The summed E-state index contributed by atoms with van der Waals surface area (Å²) in [6, 6.07) is 1.01. The van der Waals surface area contributed by atoms with Gasteiger partial charge in [-0.1, -0.05) is 0 Å². The molecule has 11 heavy (non-hydrogen) atoms. The van der Waals surface area contributed by atoms with E-state index in [0.717, 1.165) is 12.6 Å². The van der Waals surface area contributed by atoms with Crippen LogP contribution in [0.15, 0.2) is 0 Å². The molecule has 1 unspecified atom stereocenters. The maximum atomic E-state index is 5.76. The topological polar surface area (TPSA) is 61.3 Å². The highest BCUT2D eigenvalue weighted by atomic mass is 28.4. The van der Waals surface area contributed by atoms with Crippen LogP contribution < -0.4 is 11.5 Å². The molecule has 0 fully saturated rings. The molecular weight excluding hydrogens is 156 g/mol. The zero-order chi connectivity index (χ0) is 8.91. The van der Waals surface area contributed by atoms with Crippen LogP contribution in [0, 0.1) is 0 Å². The van der Waals surface area contributed by atoms with Crippen LogP contribution in [0.5, 0.6) is 0 Å². The highest BCUT2D eigenvalue weighted by Crippen LogP contribution is 2.11. The number of nitrogens with two attached hydrogens (primary N) is 2. The summed E-state index contributed by atoms with van der Waals surface area (Å²) in [5.41, 5.74) is 10.9. The van der Waals surface area contributed by atoms with Crippen LogP contribution in [0.4, 0.5) is 0 Å². The van der Waals surface area contributed by atoms with Crippen molar-refractivity contribution in [3.05, 3.63) is 0 Å². The van der Waals surface area contributed by atoms with Gasteiger partial charge in [-0.2, -0.15) is 0 Å². The predicted octanol–water partition coefficient (Wildman–Crippen LogP) is 0.514. The Kier molecular flexibility index (Phi) is 4.91. The fraction of sp³-hybridized carbons (Fsp3) is 1.00. The Morgan fingerprint density at radius 2 is 1.91 bits per heavy atom. The van der Waals surface area contributed by atoms with Crippen LogP contribution in [-0.4, -0.2) is 27.5 Å². The molecule has 0 rings (SSSR count). The lowest BCUT2D eigenvalue weighted by atomic mass is 10.4. The van der Waals surface area contributed by atoms with Gasteiger partial charge in [0.25, 0.3) is 0 Å². The highest BCUT2D eigenvalue weighted by molar-refractivity contribution is 6.71. The molecule has 0 aliphatic carbocycles. The van der Waals surface area contributed by atoms with E-state index >= 15 is 0 Å². The fourth-order valence-corrected chi connectivity index (χ4v) is 3.00. The molecule has 0 aromatic heterocycles. The zero-order valence-corrected chi connectivity index (χ0v) is 8.76. The summed E-state index contributed by atoms with van der Waals surface area (Å²) >= 11 is 0. The predicted molar refractivity (Wildman–Crippen MR) is 50.9 cm³/mol. The Labute approximate surface area is 70.2 Å². The van der Waals surface area contributed by atoms with Gasteiger partial charge in [-0.05, 0) is 32.6 Å². The third-order valence-corrected chi connectivity index (χ3v) is 4.13. The van der Waals surface area contributed by atoms with Gasteiger partial charge in [-0.15, -0.1) is 0 Å². The van der Waals surface area contributed by atoms with Crippen molar-refractivity contribution in [3.63, 3.8) is 0 Å². The molecule has 0 radical (unpaired) electrons. The molecule has 1 atom stereocenters. The van der Waals surface area contributed by atoms with Gasteiger partial charge in [0.15, 0.2) is 8.32 Å². The van der Waals surface area contributed by atoms with Gasteiger partial charge in [0.05, 0.1) is 6.10 Å². The Morgan fingerprint density at radius 1 is 1.36 bits per heavy atom. The molecule has 0 aliphatic heterocycles. The lowest BCUT2D eigenvalue weighted by Crippen LogP contribution is -2.38. The van der Waals surface area contributed by atoms with Gasteiger partial charge in [0.1, 0.15) is 0 Å². The summed E-state index contributed by atoms with van der Waals surface area (Å²) in [5.74, 6) is 0. The van der Waals surface area contributed by atoms with E-state index in [9.17, 15) is 0 Å². The van der Waals surface area contributed by atoms with E-state index in [-0.39, 0.29) is 6.10 Å². The minimum absolute atomic E-state index is 0.184. The maximum Gasteiger partial charge on any atom is 0.188 e. The Hall–Kier alpha value is 0.0969. The first-order chi connectivity index (χ1) is 5.02. The van der Waals surface area contributed by atoms with E-state index in [4.69, 9.17) is 15.9 Å². The largest absolute Gasteiger partial charge is 0.413 e. The molecule has 68 valence electrons. The lowest BCUT2D eigenvalue weighted by molar-refractivity contribution is 0.219. The fourth-order valence-electron chi connectivity index (χ4n) is 0.999. The number of hydrogen-bond acceptors (Lipinski definition) is 3. The second-order valence-corrected chi connectivity index (χ2v) is 7.72. The molecule has 0 aromatic carbocycles. The van der Waals surface area contributed by atoms with Crippen LogP contribution >= 0.6 is 0 Å². The maximum absolute atomic E-state index is 5.76. The molecule has 0 heterocycles. The lowest BCUT2D eigenvalue weighted by Gasteiger charge is -2.26. The van der Waals surface area contributed by atoms with E-state index < -0.39 is 8.32 Å². The van der Waals surface area contributed by atoms with Crippen LogP contribution in [0.1, 0.15) is 6.92 Å². The standard InChI is InChI=1S/C7H20N2OSi/c1-7(6-9)10-11(2,3)5-4-8/h7H,4-6,8-9H2,1-3H3. The van der Waals surface area contributed by atoms with Gasteiger partial charge < -0.3 is 15.9 Å². The van der Waals surface area contributed by atoms with Crippen molar-refractivity contribution in [2.45, 2.75) is 32.2 Å². The first-order valence-electron chi connectivity index (χ1n) is 4.10. The van der Waals surface area contributed by atoms with E-state index in [2.05, 4.69) is 13.1 Å². The molecule has 0 aromatic rings. The SMILES string of the molecule is CC(CN)O[Si](C)(C)CCN. The van der Waals surface area contributed by atoms with E-state index in [1.165, 1.54) is 0 Å². The summed E-state index contributed by atoms with van der Waals surface area (Å²) < 4.78 is 5.76. The Bertz CT molecular complexity index is 109. The number of rotatable bonds is 5. The minimum Gasteiger partial charge on any atom is -0.413 e. The van der Waals surface area contributed by atoms with Crippen molar-refractivity contribution in [3.8, 4) is 0 Å². The normalized spacial score (nSPS) is 15.0. The minimum atomic E-state index is -1.49. The summed E-state index contributed by atoms with van der Waals surface area (Å²) in [6.07, 6.45) is 0.184. The molecule has 0 bridgehead atoms. The first kappa shape index (κ1) is 11.1. The summed E-state index contributed by atoms with van der Waals surface area (Å²) in [4.78, 5) is 0. The second kappa shape index (κ2) is 4.87.